The molecule has 0 aliphatic rings. The zero-order valence-corrected chi connectivity index (χ0v) is 13.8. The number of rotatable bonds is 5. The summed E-state index contributed by atoms with van der Waals surface area (Å²) in [5.74, 6) is -0.518. The van der Waals surface area contributed by atoms with E-state index in [0.29, 0.717) is 22.1 Å². The third kappa shape index (κ3) is 4.33. The number of carbonyl (C=O) groups excluding carboxylic acids is 1. The summed E-state index contributed by atoms with van der Waals surface area (Å²) in [6, 6.07) is 3.99. The number of aromatic nitrogens is 2. The fourth-order valence-electron chi connectivity index (χ4n) is 1.94. The minimum atomic E-state index is -2.97. The summed E-state index contributed by atoms with van der Waals surface area (Å²) in [7, 11) is 0. The standard InChI is InChI=1S/C14H13Cl2F2N3O2/c1-7-13(16)8(2)21(20-7)6-12(22)19-9-3-4-11(10(15)5-9)23-14(17)18/h3-5,14H,6H2,1-2H3,(H,19,22). The Morgan fingerprint density at radius 2 is 2.09 bits per heavy atom. The van der Waals surface area contributed by atoms with Crippen LogP contribution in [0.15, 0.2) is 18.2 Å². The number of ether oxygens (including phenoxy) is 1. The van der Waals surface area contributed by atoms with Crippen molar-refractivity contribution in [3.8, 4) is 5.75 Å². The molecular formula is C14H13Cl2F2N3O2. The number of nitrogens with zero attached hydrogens (tertiary/aromatic N) is 2. The molecule has 5 nitrogen and oxygen atoms in total. The molecule has 1 N–H and O–H groups in total. The number of alkyl halides is 2. The first-order chi connectivity index (χ1) is 10.8. The number of anilines is 1. The first kappa shape index (κ1) is 17.5. The maximum absolute atomic E-state index is 12.2. The monoisotopic (exact) mass is 363 g/mol. The molecule has 124 valence electrons. The molecule has 0 aliphatic heterocycles. The van der Waals surface area contributed by atoms with Crippen LogP contribution in [0, 0.1) is 13.8 Å². The summed E-state index contributed by atoms with van der Waals surface area (Å²) in [4.78, 5) is 12.0. The van der Waals surface area contributed by atoms with Gasteiger partial charge in [0.15, 0.2) is 0 Å². The third-order valence-electron chi connectivity index (χ3n) is 3.02. The molecular weight excluding hydrogens is 351 g/mol. The number of carbonyl (C=O) groups is 1. The average molecular weight is 364 g/mol. The predicted octanol–water partition coefficient (Wildman–Crippen LogP) is 4.05. The van der Waals surface area contributed by atoms with Crippen molar-refractivity contribution >= 4 is 34.8 Å². The highest BCUT2D eigenvalue weighted by Crippen LogP contribution is 2.29. The molecule has 9 heteroatoms. The van der Waals surface area contributed by atoms with Crippen LogP contribution in [0.1, 0.15) is 11.4 Å². The van der Waals surface area contributed by atoms with Crippen LogP contribution >= 0.6 is 23.2 Å². The molecule has 0 spiro atoms. The van der Waals surface area contributed by atoms with Crippen molar-refractivity contribution in [2.24, 2.45) is 0 Å². The lowest BCUT2D eigenvalue weighted by atomic mass is 10.3. The highest BCUT2D eigenvalue weighted by Gasteiger charge is 2.13. The molecule has 2 rings (SSSR count). The Kier molecular flexibility index (Phi) is 5.43. The van der Waals surface area contributed by atoms with Gasteiger partial charge in [-0.05, 0) is 32.0 Å². The van der Waals surface area contributed by atoms with Crippen LogP contribution in [0.3, 0.4) is 0 Å². The third-order valence-corrected chi connectivity index (χ3v) is 3.86. The Bertz CT molecular complexity index is 735. The molecule has 1 aromatic heterocycles. The molecule has 0 unspecified atom stereocenters. The first-order valence-electron chi connectivity index (χ1n) is 6.51. The molecule has 2 aromatic rings. The highest BCUT2D eigenvalue weighted by molar-refractivity contribution is 6.32. The Morgan fingerprint density at radius 3 is 2.61 bits per heavy atom. The van der Waals surface area contributed by atoms with Crippen LogP contribution in [0.4, 0.5) is 14.5 Å². The summed E-state index contributed by atoms with van der Waals surface area (Å²) >= 11 is 11.8. The number of nitrogens with one attached hydrogen (secondary N) is 1. The largest absolute Gasteiger partial charge is 0.433 e. The van der Waals surface area contributed by atoms with E-state index in [4.69, 9.17) is 23.2 Å². The van der Waals surface area contributed by atoms with Gasteiger partial charge in [0.25, 0.3) is 0 Å². The van der Waals surface area contributed by atoms with Crippen molar-refractivity contribution in [3.63, 3.8) is 0 Å². The maximum Gasteiger partial charge on any atom is 0.387 e. The van der Waals surface area contributed by atoms with Crippen LogP contribution in [0.2, 0.25) is 10.0 Å². The van der Waals surface area contributed by atoms with Gasteiger partial charge in [-0.25, -0.2) is 0 Å². The molecule has 0 bridgehead atoms. The van der Waals surface area contributed by atoms with Crippen molar-refractivity contribution < 1.29 is 18.3 Å². The van der Waals surface area contributed by atoms with Gasteiger partial charge in [-0.1, -0.05) is 23.2 Å². The van der Waals surface area contributed by atoms with Crippen molar-refractivity contribution in [3.05, 3.63) is 39.6 Å². The van der Waals surface area contributed by atoms with Gasteiger partial charge in [-0.3, -0.25) is 9.48 Å². The number of aryl methyl sites for hydroxylation is 1. The fraction of sp³-hybridized carbons (Fsp3) is 0.286. The maximum atomic E-state index is 12.2. The van der Waals surface area contributed by atoms with E-state index in [9.17, 15) is 13.6 Å². The van der Waals surface area contributed by atoms with E-state index in [0.717, 1.165) is 0 Å². The SMILES string of the molecule is Cc1nn(CC(=O)Nc2ccc(OC(F)F)c(Cl)c2)c(C)c1Cl. The van der Waals surface area contributed by atoms with Gasteiger partial charge >= 0.3 is 6.61 Å². The van der Waals surface area contributed by atoms with Crippen LogP contribution < -0.4 is 10.1 Å². The summed E-state index contributed by atoms with van der Waals surface area (Å²) in [6.07, 6.45) is 0. The lowest BCUT2D eigenvalue weighted by molar-refractivity contribution is -0.116. The van der Waals surface area contributed by atoms with E-state index in [-0.39, 0.29) is 23.2 Å². The molecule has 1 heterocycles. The van der Waals surface area contributed by atoms with Crippen molar-refractivity contribution in [2.45, 2.75) is 27.0 Å². The van der Waals surface area contributed by atoms with Crippen molar-refractivity contribution in [1.82, 2.24) is 9.78 Å². The normalized spacial score (nSPS) is 10.9. The molecule has 0 radical (unpaired) electrons. The van der Waals surface area contributed by atoms with Gasteiger partial charge < -0.3 is 10.1 Å². The van der Waals surface area contributed by atoms with Crippen LogP contribution in [-0.2, 0) is 11.3 Å². The van der Waals surface area contributed by atoms with Gasteiger partial charge in [0.05, 0.1) is 21.4 Å². The number of hydrogen-bond donors (Lipinski definition) is 1. The van der Waals surface area contributed by atoms with E-state index in [1.54, 1.807) is 13.8 Å². The van der Waals surface area contributed by atoms with Gasteiger partial charge in [0, 0.05) is 5.69 Å². The molecule has 1 amide bonds. The highest BCUT2D eigenvalue weighted by atomic mass is 35.5. The number of benzene rings is 1. The Morgan fingerprint density at radius 1 is 1.39 bits per heavy atom. The lowest BCUT2D eigenvalue weighted by Crippen LogP contribution is -2.20. The van der Waals surface area contributed by atoms with E-state index in [1.807, 2.05) is 0 Å². The zero-order valence-electron chi connectivity index (χ0n) is 12.2. The van der Waals surface area contributed by atoms with Crippen molar-refractivity contribution in [2.75, 3.05) is 5.32 Å². The molecule has 0 aliphatic carbocycles. The number of halogens is 4. The number of amides is 1. The van der Waals surface area contributed by atoms with Gasteiger partial charge in [0.1, 0.15) is 12.3 Å². The van der Waals surface area contributed by atoms with E-state index < -0.39 is 6.61 Å². The van der Waals surface area contributed by atoms with E-state index in [1.165, 1.54) is 22.9 Å². The first-order valence-corrected chi connectivity index (χ1v) is 7.27. The van der Waals surface area contributed by atoms with Crippen molar-refractivity contribution in [1.29, 1.82) is 0 Å². The predicted molar refractivity (Wildman–Crippen MR) is 83.4 cm³/mol. The molecule has 0 saturated heterocycles. The Labute approximate surface area is 141 Å². The van der Waals surface area contributed by atoms with Crippen LogP contribution in [0.25, 0.3) is 0 Å². The molecule has 0 fully saturated rings. The minimum Gasteiger partial charge on any atom is -0.433 e. The zero-order chi connectivity index (χ0) is 17.1. The second-order valence-corrected chi connectivity index (χ2v) is 5.50. The number of hydrogen-bond acceptors (Lipinski definition) is 3. The van der Waals surface area contributed by atoms with Gasteiger partial charge in [-0.2, -0.15) is 13.9 Å². The van der Waals surface area contributed by atoms with Gasteiger partial charge in [0.2, 0.25) is 5.91 Å². The minimum absolute atomic E-state index is 0.0303. The second kappa shape index (κ2) is 7.14. The van der Waals surface area contributed by atoms with Crippen LogP contribution in [-0.4, -0.2) is 22.3 Å². The molecule has 1 aromatic carbocycles. The summed E-state index contributed by atoms with van der Waals surface area (Å²) in [5, 5.41) is 7.23. The lowest BCUT2D eigenvalue weighted by Gasteiger charge is -2.10. The van der Waals surface area contributed by atoms with Crippen LogP contribution in [0.5, 0.6) is 5.75 Å². The Hall–Kier alpha value is -1.86. The molecule has 0 atom stereocenters. The molecule has 0 saturated carbocycles. The Balaban J connectivity index is 2.05. The summed E-state index contributed by atoms with van der Waals surface area (Å²) < 4.78 is 30.0. The van der Waals surface area contributed by atoms with E-state index >= 15 is 0 Å². The average Bonchev–Trinajstić information content (AvgIpc) is 2.69. The smallest absolute Gasteiger partial charge is 0.387 e. The molecule has 23 heavy (non-hydrogen) atoms. The second-order valence-electron chi connectivity index (χ2n) is 4.71. The van der Waals surface area contributed by atoms with Gasteiger partial charge in [-0.15, -0.1) is 0 Å². The fourth-order valence-corrected chi connectivity index (χ4v) is 2.30. The van der Waals surface area contributed by atoms with E-state index in [2.05, 4.69) is 15.2 Å². The quantitative estimate of drug-likeness (QED) is 0.871. The summed E-state index contributed by atoms with van der Waals surface area (Å²) in [5.41, 5.74) is 1.67. The summed E-state index contributed by atoms with van der Waals surface area (Å²) in [6.45, 7) is 0.490. The topological polar surface area (TPSA) is 56.2 Å².